The van der Waals surface area contributed by atoms with Gasteiger partial charge in [0, 0.05) is 50.1 Å². The van der Waals surface area contributed by atoms with E-state index in [0.717, 1.165) is 11.3 Å². The predicted molar refractivity (Wildman–Crippen MR) is 130 cm³/mol. The first-order chi connectivity index (χ1) is 16.5. The van der Waals surface area contributed by atoms with Crippen LogP contribution in [0.5, 0.6) is 11.5 Å². The molecule has 8 nitrogen and oxygen atoms in total. The third-order valence-electron chi connectivity index (χ3n) is 5.94. The third-order valence-corrected chi connectivity index (χ3v) is 5.94. The van der Waals surface area contributed by atoms with Gasteiger partial charge >= 0.3 is 0 Å². The Balaban J connectivity index is 1.61. The normalized spacial score (nSPS) is 15.6. The second-order valence-electron chi connectivity index (χ2n) is 7.98. The van der Waals surface area contributed by atoms with Gasteiger partial charge in [-0.15, -0.1) is 0 Å². The fraction of sp³-hybridized carbons (Fsp3) is 0.269. The number of carbonyl (C=O) groups excluding carboxylic acids is 2. The molecule has 8 heteroatoms. The number of anilines is 2. The van der Waals surface area contributed by atoms with E-state index in [2.05, 4.69) is 10.3 Å². The Labute approximate surface area is 199 Å². The van der Waals surface area contributed by atoms with Gasteiger partial charge in [-0.25, -0.2) is 4.98 Å². The lowest BCUT2D eigenvalue weighted by molar-refractivity contribution is -0.133. The second-order valence-corrected chi connectivity index (χ2v) is 7.98. The number of rotatable bonds is 6. The summed E-state index contributed by atoms with van der Waals surface area (Å²) in [7, 11) is 3.21. The molecule has 0 aliphatic carbocycles. The minimum absolute atomic E-state index is 0.0373. The van der Waals surface area contributed by atoms with E-state index in [4.69, 9.17) is 9.47 Å². The van der Waals surface area contributed by atoms with Crippen molar-refractivity contribution in [2.45, 2.75) is 13.0 Å². The summed E-state index contributed by atoms with van der Waals surface area (Å²) < 4.78 is 10.8. The zero-order valence-corrected chi connectivity index (χ0v) is 19.5. The van der Waals surface area contributed by atoms with Crippen molar-refractivity contribution in [2.75, 3.05) is 39.2 Å². The quantitative estimate of drug-likeness (QED) is 0.601. The Bertz CT molecular complexity index is 1180. The van der Waals surface area contributed by atoms with E-state index in [1.807, 2.05) is 48.5 Å². The molecule has 2 heterocycles. The summed E-state index contributed by atoms with van der Waals surface area (Å²) in [4.78, 5) is 34.0. The number of ether oxygens (including phenoxy) is 2. The molecule has 0 unspecified atom stereocenters. The average molecular weight is 461 g/mol. The highest BCUT2D eigenvalue weighted by molar-refractivity contribution is 5.99. The summed E-state index contributed by atoms with van der Waals surface area (Å²) in [6.07, 6.45) is 1.64. The molecule has 1 aliphatic rings. The fourth-order valence-corrected chi connectivity index (χ4v) is 4.24. The van der Waals surface area contributed by atoms with Crippen LogP contribution in [0.3, 0.4) is 0 Å². The van der Waals surface area contributed by atoms with Gasteiger partial charge in [0.1, 0.15) is 17.3 Å². The van der Waals surface area contributed by atoms with Crippen molar-refractivity contribution in [3.63, 3.8) is 0 Å². The minimum atomic E-state index is -0.308. The zero-order valence-electron chi connectivity index (χ0n) is 19.5. The number of aromatic nitrogens is 1. The molecule has 0 saturated carbocycles. The molecule has 1 saturated heterocycles. The summed E-state index contributed by atoms with van der Waals surface area (Å²) in [5, 5.41) is 3.23. The molecule has 1 N–H and O–H groups in total. The topological polar surface area (TPSA) is 84.0 Å². The van der Waals surface area contributed by atoms with Crippen LogP contribution in [0.4, 0.5) is 11.5 Å². The number of hydrogen-bond donors (Lipinski definition) is 1. The number of hydrogen-bond acceptors (Lipinski definition) is 6. The average Bonchev–Trinajstić information content (AvgIpc) is 2.88. The Morgan fingerprint density at radius 1 is 1.00 bits per heavy atom. The van der Waals surface area contributed by atoms with Gasteiger partial charge in [-0.3, -0.25) is 9.59 Å². The Kier molecular flexibility index (Phi) is 6.96. The molecule has 1 fully saturated rings. The van der Waals surface area contributed by atoms with E-state index >= 15 is 0 Å². The molecule has 1 aromatic heterocycles. The van der Waals surface area contributed by atoms with Gasteiger partial charge in [0.05, 0.1) is 25.8 Å². The van der Waals surface area contributed by atoms with Crippen LogP contribution in [-0.4, -0.2) is 60.5 Å². The lowest BCUT2D eigenvalue weighted by Gasteiger charge is -2.41. The smallest absolute Gasteiger partial charge is 0.257 e. The Morgan fingerprint density at radius 2 is 1.82 bits per heavy atom. The summed E-state index contributed by atoms with van der Waals surface area (Å²) in [6.45, 7) is 2.77. The van der Waals surface area contributed by atoms with Crippen LogP contribution >= 0.6 is 0 Å². The molecule has 2 amide bonds. The number of methoxy groups -OCH3 is 2. The van der Waals surface area contributed by atoms with Crippen molar-refractivity contribution in [3.8, 4) is 11.5 Å². The molecule has 0 spiro atoms. The molecule has 4 rings (SSSR count). The molecule has 0 bridgehead atoms. The summed E-state index contributed by atoms with van der Waals surface area (Å²) in [5.74, 6) is 1.67. The lowest BCUT2D eigenvalue weighted by atomic mass is 10.0. The summed E-state index contributed by atoms with van der Waals surface area (Å²) >= 11 is 0. The van der Waals surface area contributed by atoms with E-state index in [9.17, 15) is 9.59 Å². The van der Waals surface area contributed by atoms with Gasteiger partial charge in [-0.1, -0.05) is 24.3 Å². The van der Waals surface area contributed by atoms with Crippen molar-refractivity contribution < 1.29 is 19.1 Å². The van der Waals surface area contributed by atoms with Crippen LogP contribution in [0.15, 0.2) is 66.9 Å². The molecule has 1 aliphatic heterocycles. The number of para-hydroxylation sites is 1. The van der Waals surface area contributed by atoms with Crippen molar-refractivity contribution in [1.82, 2.24) is 14.8 Å². The van der Waals surface area contributed by atoms with E-state index in [-0.39, 0.29) is 17.9 Å². The number of piperazine rings is 1. The highest BCUT2D eigenvalue weighted by Crippen LogP contribution is 2.33. The van der Waals surface area contributed by atoms with Crippen LogP contribution < -0.4 is 14.8 Å². The van der Waals surface area contributed by atoms with Crippen molar-refractivity contribution in [3.05, 3.63) is 78.0 Å². The first-order valence-electron chi connectivity index (χ1n) is 11.1. The molecule has 0 radical (unpaired) electrons. The molecule has 34 heavy (non-hydrogen) atoms. The van der Waals surface area contributed by atoms with Gasteiger partial charge in [0.25, 0.3) is 5.91 Å². The minimum Gasteiger partial charge on any atom is -0.497 e. The number of benzene rings is 2. The number of nitrogens with zero attached hydrogens (tertiary/aromatic N) is 3. The first-order valence-corrected chi connectivity index (χ1v) is 11.1. The number of carbonyl (C=O) groups is 2. The first kappa shape index (κ1) is 23.1. The van der Waals surface area contributed by atoms with Crippen molar-refractivity contribution in [2.24, 2.45) is 0 Å². The van der Waals surface area contributed by atoms with Gasteiger partial charge in [-0.05, 0) is 30.3 Å². The number of pyridine rings is 1. The van der Waals surface area contributed by atoms with Crippen molar-refractivity contribution in [1.29, 1.82) is 0 Å². The van der Waals surface area contributed by atoms with E-state index in [1.165, 1.54) is 0 Å². The van der Waals surface area contributed by atoms with E-state index in [1.54, 1.807) is 49.3 Å². The fourth-order valence-electron chi connectivity index (χ4n) is 4.24. The predicted octanol–water partition coefficient (Wildman–Crippen LogP) is 3.89. The maximum Gasteiger partial charge on any atom is 0.257 e. The number of nitrogens with one attached hydrogen (secondary N) is 1. The maximum atomic E-state index is 13.6. The third kappa shape index (κ3) is 4.80. The van der Waals surface area contributed by atoms with Crippen LogP contribution in [0.2, 0.25) is 0 Å². The molecular weight excluding hydrogens is 432 g/mol. The maximum absolute atomic E-state index is 13.6. The van der Waals surface area contributed by atoms with Crippen LogP contribution in [-0.2, 0) is 4.79 Å². The molecule has 1 atom stereocenters. The Hall–Kier alpha value is -4.07. The SMILES string of the molecule is COc1cccc(Nc2ncccc2C(=O)N2CCN(C(C)=O)[C@H](c3ccccc3OC)C2)c1. The highest BCUT2D eigenvalue weighted by Gasteiger charge is 2.34. The van der Waals surface area contributed by atoms with Gasteiger partial charge in [0.2, 0.25) is 5.91 Å². The van der Waals surface area contributed by atoms with Crippen LogP contribution in [0.1, 0.15) is 28.9 Å². The van der Waals surface area contributed by atoms with Gasteiger partial charge in [0.15, 0.2) is 0 Å². The summed E-state index contributed by atoms with van der Waals surface area (Å²) in [6, 6.07) is 18.2. The van der Waals surface area contributed by atoms with Crippen molar-refractivity contribution >= 4 is 23.3 Å². The van der Waals surface area contributed by atoms with Crippen LogP contribution in [0.25, 0.3) is 0 Å². The summed E-state index contributed by atoms with van der Waals surface area (Å²) in [5.41, 5.74) is 2.10. The lowest BCUT2D eigenvalue weighted by Crippen LogP contribution is -2.52. The van der Waals surface area contributed by atoms with Gasteiger partial charge < -0.3 is 24.6 Å². The number of amides is 2. The van der Waals surface area contributed by atoms with Crippen LogP contribution in [0, 0.1) is 0 Å². The van der Waals surface area contributed by atoms with Gasteiger partial charge in [-0.2, -0.15) is 0 Å². The monoisotopic (exact) mass is 460 g/mol. The second kappa shape index (κ2) is 10.2. The zero-order chi connectivity index (χ0) is 24.1. The van der Waals surface area contributed by atoms with E-state index < -0.39 is 0 Å². The molecule has 176 valence electrons. The largest absolute Gasteiger partial charge is 0.497 e. The molecule has 3 aromatic rings. The molecular formula is C26H28N4O4. The highest BCUT2D eigenvalue weighted by atomic mass is 16.5. The Morgan fingerprint density at radius 3 is 2.59 bits per heavy atom. The van der Waals surface area contributed by atoms with E-state index in [0.29, 0.717) is 42.5 Å². The molecule has 2 aromatic carbocycles. The standard InChI is InChI=1S/C26H28N4O4/c1-18(31)30-15-14-29(17-23(30)21-10-4-5-12-24(21)34-3)26(32)22-11-7-13-27-25(22)28-19-8-6-9-20(16-19)33-2/h4-13,16,23H,14-15,17H2,1-3H3,(H,27,28)/t23-/m0/s1.